The van der Waals surface area contributed by atoms with Crippen molar-refractivity contribution in [1.29, 1.82) is 0 Å². The molecule has 16 heavy (non-hydrogen) atoms. The smallest absolute Gasteiger partial charge is 0.0882 e. The molecule has 1 nitrogen and oxygen atoms in total. The summed E-state index contributed by atoms with van der Waals surface area (Å²) in [5.74, 6) is 0.353. The van der Waals surface area contributed by atoms with Crippen LogP contribution in [0.4, 0.5) is 0 Å². The lowest BCUT2D eigenvalue weighted by Gasteiger charge is -2.11. The van der Waals surface area contributed by atoms with Gasteiger partial charge in [-0.2, -0.15) is 0 Å². The van der Waals surface area contributed by atoms with Crippen LogP contribution in [0.5, 0.6) is 0 Å². The Hall–Kier alpha value is -0.760. The molecule has 1 unspecified atom stereocenters. The molecule has 1 atom stereocenters. The third-order valence-electron chi connectivity index (χ3n) is 2.30. The third-order valence-corrected chi connectivity index (χ3v) is 3.07. The second-order valence-corrected chi connectivity index (χ2v) is 4.55. The van der Waals surface area contributed by atoms with Gasteiger partial charge in [-0.05, 0) is 25.0 Å². The lowest BCUT2D eigenvalue weighted by molar-refractivity contribution is 0.342. The van der Waals surface area contributed by atoms with E-state index in [4.69, 9.17) is 0 Å². The van der Waals surface area contributed by atoms with Gasteiger partial charge in [0.2, 0.25) is 0 Å². The Morgan fingerprint density at radius 1 is 1.44 bits per heavy atom. The Labute approximate surface area is 107 Å². The fourth-order valence-electron chi connectivity index (χ4n) is 1.31. The quantitative estimate of drug-likeness (QED) is 0.772. The van der Waals surface area contributed by atoms with Crippen molar-refractivity contribution in [2.24, 2.45) is 5.92 Å². The van der Waals surface area contributed by atoms with Crippen LogP contribution < -0.4 is 0 Å². The first-order valence-electron chi connectivity index (χ1n) is 5.63. The number of hydrogen-bond donors (Lipinski definition) is 1. The molecule has 90 valence electrons. The Bertz CT molecular complexity index is 345. The molecule has 0 aliphatic carbocycles. The molecule has 1 aromatic rings. The minimum atomic E-state index is 0.105. The van der Waals surface area contributed by atoms with Gasteiger partial charge in [-0.25, -0.2) is 0 Å². The molecule has 0 heterocycles. The largest absolute Gasteiger partial charge is 0.513 e. The van der Waals surface area contributed by atoms with Crippen molar-refractivity contribution in [2.75, 3.05) is 0 Å². The van der Waals surface area contributed by atoms with Crippen LogP contribution in [0.3, 0.4) is 0 Å². The van der Waals surface area contributed by atoms with Crippen LogP contribution in [0.2, 0.25) is 0 Å². The summed E-state index contributed by atoms with van der Waals surface area (Å²) in [6, 6.07) is 6.23. The minimum Gasteiger partial charge on any atom is -0.513 e. The number of aryl methyl sites for hydroxylation is 1. The number of benzene rings is 1. The molecule has 1 rings (SSSR count). The van der Waals surface area contributed by atoms with E-state index in [1.54, 1.807) is 0 Å². The summed E-state index contributed by atoms with van der Waals surface area (Å²) >= 11 is 3.50. The van der Waals surface area contributed by atoms with E-state index in [0.717, 1.165) is 10.9 Å². The summed E-state index contributed by atoms with van der Waals surface area (Å²) in [6.45, 7) is 11.6. The molecule has 0 spiro atoms. The van der Waals surface area contributed by atoms with Crippen LogP contribution >= 0.6 is 15.9 Å². The van der Waals surface area contributed by atoms with Crippen LogP contribution in [-0.2, 0) is 6.42 Å². The Kier molecular flexibility index (Phi) is 7.15. The molecule has 0 aromatic heterocycles. The highest BCUT2D eigenvalue weighted by molar-refractivity contribution is 9.10. The average Bonchev–Trinajstić information content (AvgIpc) is 2.26. The summed E-state index contributed by atoms with van der Waals surface area (Å²) in [5.41, 5.74) is 2.45. The van der Waals surface area contributed by atoms with Gasteiger partial charge in [-0.1, -0.05) is 61.0 Å². The molecular formula is C14H21BrO. The van der Waals surface area contributed by atoms with Crippen LogP contribution in [0.1, 0.15) is 31.9 Å². The van der Waals surface area contributed by atoms with E-state index >= 15 is 0 Å². The molecular weight excluding hydrogens is 264 g/mol. The highest BCUT2D eigenvalue weighted by atomic mass is 79.9. The predicted octanol–water partition coefficient (Wildman–Crippen LogP) is 5.03. The van der Waals surface area contributed by atoms with Gasteiger partial charge in [-0.3, -0.25) is 0 Å². The lowest BCUT2D eigenvalue weighted by atomic mass is 9.99. The first-order valence-corrected chi connectivity index (χ1v) is 6.43. The van der Waals surface area contributed by atoms with Crippen LogP contribution in [0.15, 0.2) is 35.0 Å². The number of hydrogen-bond acceptors (Lipinski definition) is 1. The van der Waals surface area contributed by atoms with E-state index in [9.17, 15) is 5.11 Å². The number of halogens is 1. The Morgan fingerprint density at radius 3 is 2.50 bits per heavy atom. The van der Waals surface area contributed by atoms with Crippen molar-refractivity contribution in [3.8, 4) is 0 Å². The van der Waals surface area contributed by atoms with Gasteiger partial charge in [-0.15, -0.1) is 0 Å². The number of allylic oxidation sites excluding steroid dienone is 1. The van der Waals surface area contributed by atoms with Gasteiger partial charge >= 0.3 is 0 Å². The summed E-state index contributed by atoms with van der Waals surface area (Å²) in [4.78, 5) is 0. The zero-order valence-corrected chi connectivity index (χ0v) is 12.1. The second-order valence-electron chi connectivity index (χ2n) is 3.69. The molecule has 0 saturated carbocycles. The van der Waals surface area contributed by atoms with Gasteiger partial charge in [0.05, 0.1) is 5.76 Å². The monoisotopic (exact) mass is 284 g/mol. The van der Waals surface area contributed by atoms with Gasteiger partial charge in [0.25, 0.3) is 0 Å². The summed E-state index contributed by atoms with van der Waals surface area (Å²) in [7, 11) is 0. The lowest BCUT2D eigenvalue weighted by Crippen LogP contribution is -2.02. The van der Waals surface area contributed by atoms with E-state index in [-0.39, 0.29) is 11.7 Å². The molecule has 0 radical (unpaired) electrons. The molecule has 0 saturated heterocycles. The SMILES string of the molecule is C=C(O)C(C)Cc1cc(C)ccc1Br.CC. The standard InChI is InChI=1S/C12H15BrO.C2H6/c1-8-4-5-12(13)11(6-8)7-9(2)10(3)14;1-2/h4-6,9,14H,3,7H2,1-2H3;1-2H3. The van der Waals surface area contributed by atoms with E-state index in [2.05, 4.69) is 41.6 Å². The fraction of sp³-hybridized carbons (Fsp3) is 0.429. The first-order chi connectivity index (χ1) is 7.50. The van der Waals surface area contributed by atoms with Crippen molar-refractivity contribution >= 4 is 15.9 Å². The first kappa shape index (κ1) is 15.2. The highest BCUT2D eigenvalue weighted by Gasteiger charge is 2.08. The normalized spacial score (nSPS) is 11.3. The van der Waals surface area contributed by atoms with E-state index in [1.807, 2.05) is 26.8 Å². The van der Waals surface area contributed by atoms with E-state index in [1.165, 1.54) is 11.1 Å². The minimum absolute atomic E-state index is 0.105. The molecule has 0 fully saturated rings. The molecule has 0 amide bonds. The maximum absolute atomic E-state index is 9.23. The second kappa shape index (κ2) is 7.50. The maximum atomic E-state index is 9.23. The number of aliphatic hydroxyl groups is 1. The maximum Gasteiger partial charge on any atom is 0.0882 e. The molecule has 1 N–H and O–H groups in total. The van der Waals surface area contributed by atoms with Gasteiger partial charge in [0.1, 0.15) is 0 Å². The third kappa shape index (κ3) is 4.84. The van der Waals surface area contributed by atoms with Gasteiger partial charge in [0.15, 0.2) is 0 Å². The van der Waals surface area contributed by atoms with Crippen molar-refractivity contribution in [3.63, 3.8) is 0 Å². The van der Waals surface area contributed by atoms with E-state index in [0.29, 0.717) is 0 Å². The molecule has 2 heteroatoms. The van der Waals surface area contributed by atoms with Crippen LogP contribution in [0.25, 0.3) is 0 Å². The average molecular weight is 285 g/mol. The summed E-state index contributed by atoms with van der Waals surface area (Å²) < 4.78 is 1.09. The highest BCUT2D eigenvalue weighted by Crippen LogP contribution is 2.22. The van der Waals surface area contributed by atoms with Crippen molar-refractivity contribution in [2.45, 2.75) is 34.1 Å². The Balaban J connectivity index is 0.00000106. The summed E-state index contributed by atoms with van der Waals surface area (Å²) in [6.07, 6.45) is 0.817. The topological polar surface area (TPSA) is 20.2 Å². The van der Waals surface area contributed by atoms with Crippen LogP contribution in [-0.4, -0.2) is 5.11 Å². The number of rotatable bonds is 3. The van der Waals surface area contributed by atoms with Crippen molar-refractivity contribution in [1.82, 2.24) is 0 Å². The zero-order valence-electron chi connectivity index (χ0n) is 10.5. The summed E-state index contributed by atoms with van der Waals surface area (Å²) in [5, 5.41) is 9.23. The van der Waals surface area contributed by atoms with Gasteiger partial charge < -0.3 is 5.11 Å². The van der Waals surface area contributed by atoms with Crippen molar-refractivity contribution in [3.05, 3.63) is 46.1 Å². The zero-order chi connectivity index (χ0) is 12.7. The van der Waals surface area contributed by atoms with E-state index < -0.39 is 0 Å². The molecule has 1 aromatic carbocycles. The molecule has 0 aliphatic rings. The molecule has 0 aliphatic heterocycles. The Morgan fingerprint density at radius 2 is 2.00 bits per heavy atom. The molecule has 0 bridgehead atoms. The van der Waals surface area contributed by atoms with Crippen LogP contribution in [0, 0.1) is 12.8 Å². The fourth-order valence-corrected chi connectivity index (χ4v) is 1.72. The van der Waals surface area contributed by atoms with Gasteiger partial charge in [0, 0.05) is 10.4 Å². The predicted molar refractivity (Wildman–Crippen MR) is 74.9 cm³/mol. The number of aliphatic hydroxyl groups excluding tert-OH is 1. The van der Waals surface area contributed by atoms with Crippen molar-refractivity contribution < 1.29 is 5.11 Å².